The van der Waals surface area contributed by atoms with Gasteiger partial charge in [0.05, 0.1) is 30.1 Å². The fourth-order valence-corrected chi connectivity index (χ4v) is 6.77. The van der Waals surface area contributed by atoms with E-state index in [1.54, 1.807) is 0 Å². The van der Waals surface area contributed by atoms with Gasteiger partial charge in [-0.25, -0.2) is 0 Å². The van der Waals surface area contributed by atoms with Crippen LogP contribution in [0.25, 0.3) is 0 Å². The van der Waals surface area contributed by atoms with Gasteiger partial charge >= 0.3 is 36.0 Å². The minimum Gasteiger partial charge on any atom is -0.462 e. The van der Waals surface area contributed by atoms with E-state index in [0.717, 1.165) is 19.3 Å². The van der Waals surface area contributed by atoms with Gasteiger partial charge in [-0.3, -0.25) is 24.0 Å². The average Bonchev–Trinajstić information content (AvgIpc) is 3.58. The van der Waals surface area contributed by atoms with Crippen LogP contribution in [0, 0.1) is 47.3 Å². The van der Waals surface area contributed by atoms with Crippen LogP contribution in [0.5, 0.6) is 0 Å². The van der Waals surface area contributed by atoms with E-state index in [-0.39, 0.29) is 103 Å². The van der Waals surface area contributed by atoms with Crippen molar-refractivity contribution in [3.8, 4) is 0 Å². The summed E-state index contributed by atoms with van der Waals surface area (Å²) in [5.74, 6) is -7.38. The Morgan fingerprint density at radius 3 is 1.93 bits per heavy atom. The lowest BCUT2D eigenvalue weighted by molar-refractivity contribution is -0.219. The van der Waals surface area contributed by atoms with E-state index in [4.69, 9.17) is 18.9 Å². The number of carbonyl (C=O) groups is 5. The molecule has 4 aliphatic rings. The zero-order valence-electron chi connectivity index (χ0n) is 21.5. The molecule has 46 heavy (non-hydrogen) atoms. The predicted molar refractivity (Wildman–Crippen MR) is 174 cm³/mol. The molecule has 2 saturated heterocycles. The number of alkyl halides is 3. The van der Waals surface area contributed by atoms with Crippen molar-refractivity contribution in [1.29, 1.82) is 0 Å². The third kappa shape index (κ3) is 11.2. The Bertz CT molecular complexity index is 981. The number of rotatable bonds is 9. The van der Waals surface area contributed by atoms with Crippen molar-refractivity contribution in [1.82, 2.24) is 0 Å². The highest BCUT2D eigenvalue weighted by Crippen LogP contribution is 2.57. The molecule has 0 aromatic rings. The summed E-state index contributed by atoms with van der Waals surface area (Å²) in [5, 5.41) is 0. The molecule has 2 heterocycles. The lowest BCUT2D eigenvalue weighted by Gasteiger charge is -2.34. The number of ether oxygens (including phenoxy) is 4. The van der Waals surface area contributed by atoms with Crippen molar-refractivity contribution in [3.63, 3.8) is 0 Å². The van der Waals surface area contributed by atoms with Gasteiger partial charge in [-0.2, -0.15) is 13.2 Å². The molecular weight excluding hydrogens is 609 g/mol. The van der Waals surface area contributed by atoms with Gasteiger partial charge in [-0.15, -0.1) is 0 Å². The Hall–Kier alpha value is -2.66. The molecule has 10 atom stereocenters. The minimum absolute atomic E-state index is 0. The van der Waals surface area contributed by atoms with E-state index in [9.17, 15) is 37.1 Å². The van der Waals surface area contributed by atoms with Gasteiger partial charge in [-0.1, -0.05) is 73.3 Å². The van der Waals surface area contributed by atoms with Gasteiger partial charge in [-0.05, 0) is 62.7 Å². The molecule has 0 amide bonds. The molecule has 0 N–H and O–H groups in total. The largest absolute Gasteiger partial charge is 0.462 e. The number of fused-ring (bicyclic) bond motifs is 2. The first-order chi connectivity index (χ1) is 17.8. The SMILES string of the molecule is C.C.C.C.C.C.C.C.CC(CC(CC1C(=O)OC(=O)C1C1C2CCC(C2)C1C)C(=O)OC(C)C(F)(F)F)C(=O)OC1COC(=O)C1. The molecule has 2 saturated carbocycles. The van der Waals surface area contributed by atoms with Crippen LogP contribution in [0.2, 0.25) is 0 Å². The fraction of sp³-hybridized carbons (Fsp3) is 0.853. The fourth-order valence-electron chi connectivity index (χ4n) is 6.77. The molecule has 9 nitrogen and oxygen atoms in total. The molecule has 4 rings (SSSR count). The standard InChI is InChI=1S/C26H33F3O9.8CH4/c1-11(22(31)37-17-9-19(30)35-10-17)6-16(23(32)36-13(3)26(27,28)29)8-18-21(25(34)38-24(18)33)20-12(2)14-4-5-15(20)7-14;;;;;;;;/h11-18,20-21H,4-10H2,1-3H3;8*1H4. The summed E-state index contributed by atoms with van der Waals surface area (Å²) in [6.07, 6.45) is -5.77. The highest BCUT2D eigenvalue weighted by atomic mass is 19.4. The van der Waals surface area contributed by atoms with Gasteiger partial charge in [0.25, 0.3) is 0 Å². The summed E-state index contributed by atoms with van der Waals surface area (Å²) in [7, 11) is 0. The Morgan fingerprint density at radius 2 is 1.46 bits per heavy atom. The number of hydrogen-bond donors (Lipinski definition) is 0. The van der Waals surface area contributed by atoms with Crippen molar-refractivity contribution in [2.45, 2.75) is 137 Å². The summed E-state index contributed by atoms with van der Waals surface area (Å²) in [4.78, 5) is 62.4. The van der Waals surface area contributed by atoms with Crippen LogP contribution in [0.15, 0.2) is 0 Å². The molecule has 10 unspecified atom stereocenters. The van der Waals surface area contributed by atoms with Crippen molar-refractivity contribution < 1.29 is 56.1 Å². The Kier molecular flexibility index (Phi) is 23.6. The number of hydrogen-bond acceptors (Lipinski definition) is 9. The van der Waals surface area contributed by atoms with Gasteiger partial charge in [0.15, 0.2) is 6.10 Å². The first kappa shape index (κ1) is 52.9. The molecule has 0 spiro atoms. The molecule has 2 aliphatic heterocycles. The van der Waals surface area contributed by atoms with E-state index in [0.29, 0.717) is 12.8 Å². The monoisotopic (exact) mass is 674 g/mol. The Labute approximate surface area is 277 Å². The predicted octanol–water partition coefficient (Wildman–Crippen LogP) is 8.46. The maximum atomic E-state index is 13.1. The van der Waals surface area contributed by atoms with Crippen LogP contribution in [0.3, 0.4) is 0 Å². The quantitative estimate of drug-likeness (QED) is 0.135. The smallest absolute Gasteiger partial charge is 0.425 e. The maximum absolute atomic E-state index is 13.1. The third-order valence-electron chi connectivity index (χ3n) is 8.81. The molecule has 2 bridgehead atoms. The zero-order chi connectivity index (χ0) is 27.9. The van der Waals surface area contributed by atoms with Gasteiger partial charge in [0.1, 0.15) is 12.7 Å². The van der Waals surface area contributed by atoms with E-state index in [1.165, 1.54) is 6.92 Å². The first-order valence-corrected chi connectivity index (χ1v) is 13.1. The highest BCUT2D eigenvalue weighted by Gasteiger charge is 2.58. The van der Waals surface area contributed by atoms with Crippen LogP contribution in [0.1, 0.15) is 119 Å². The van der Waals surface area contributed by atoms with Gasteiger partial charge < -0.3 is 18.9 Å². The zero-order valence-corrected chi connectivity index (χ0v) is 21.5. The molecule has 2 aliphatic carbocycles. The van der Waals surface area contributed by atoms with Gasteiger partial charge in [0.2, 0.25) is 0 Å². The average molecular weight is 675 g/mol. The highest BCUT2D eigenvalue weighted by molar-refractivity contribution is 5.97. The second-order valence-corrected chi connectivity index (χ2v) is 11.3. The summed E-state index contributed by atoms with van der Waals surface area (Å²) in [5.41, 5.74) is 0. The number of cyclic esters (lactones) is 3. The topological polar surface area (TPSA) is 122 Å². The molecule has 276 valence electrons. The van der Waals surface area contributed by atoms with Gasteiger partial charge in [0, 0.05) is 0 Å². The number of carbonyl (C=O) groups excluding carboxylic acids is 5. The molecule has 12 heteroatoms. The summed E-state index contributed by atoms with van der Waals surface area (Å²) < 4.78 is 59.1. The maximum Gasteiger partial charge on any atom is 0.425 e. The minimum atomic E-state index is -4.80. The summed E-state index contributed by atoms with van der Waals surface area (Å²) in [6, 6.07) is 0. The molecule has 0 aromatic carbocycles. The normalized spacial score (nSPS) is 28.9. The molecule has 0 aromatic heterocycles. The van der Waals surface area contributed by atoms with Crippen molar-refractivity contribution in [2.75, 3.05) is 6.61 Å². The van der Waals surface area contributed by atoms with Crippen LogP contribution >= 0.6 is 0 Å². The van der Waals surface area contributed by atoms with Crippen LogP contribution in [0.4, 0.5) is 13.2 Å². The molecule has 0 radical (unpaired) electrons. The van der Waals surface area contributed by atoms with E-state index in [2.05, 4.69) is 0 Å². The molecular formula is C34H65F3O9. The van der Waals surface area contributed by atoms with E-state index >= 15 is 0 Å². The van der Waals surface area contributed by atoms with Crippen molar-refractivity contribution in [2.24, 2.45) is 47.3 Å². The second-order valence-electron chi connectivity index (χ2n) is 11.3. The van der Waals surface area contributed by atoms with Crippen LogP contribution < -0.4 is 0 Å². The van der Waals surface area contributed by atoms with Crippen LogP contribution in [-0.2, 0) is 42.9 Å². The third-order valence-corrected chi connectivity index (χ3v) is 8.81. The number of esters is 5. The molecule has 4 fully saturated rings. The van der Waals surface area contributed by atoms with E-state index < -0.39 is 71.9 Å². The van der Waals surface area contributed by atoms with Crippen LogP contribution in [-0.4, -0.2) is 54.8 Å². The Morgan fingerprint density at radius 1 is 0.891 bits per heavy atom. The Balaban J connectivity index is -0.000000700. The lowest BCUT2D eigenvalue weighted by atomic mass is 9.68. The summed E-state index contributed by atoms with van der Waals surface area (Å²) in [6.45, 7) is 4.05. The lowest BCUT2D eigenvalue weighted by Crippen LogP contribution is -2.38. The number of halogens is 3. The first-order valence-electron chi connectivity index (χ1n) is 13.1. The van der Waals surface area contributed by atoms with Crippen molar-refractivity contribution >= 4 is 29.8 Å². The summed E-state index contributed by atoms with van der Waals surface area (Å²) >= 11 is 0. The van der Waals surface area contributed by atoms with Crippen molar-refractivity contribution in [3.05, 3.63) is 0 Å². The van der Waals surface area contributed by atoms with E-state index in [1.807, 2.05) is 6.92 Å². The second kappa shape index (κ2) is 20.5.